The van der Waals surface area contributed by atoms with Crippen LogP contribution in [0.5, 0.6) is 5.75 Å². The van der Waals surface area contributed by atoms with Crippen LogP contribution in [0.25, 0.3) is 0 Å². The summed E-state index contributed by atoms with van der Waals surface area (Å²) in [6.45, 7) is 3.41. The molecule has 1 amide bonds. The fraction of sp³-hybridized carbons (Fsp3) is 0.467. The maximum Gasteiger partial charge on any atom is 0.422 e. The summed E-state index contributed by atoms with van der Waals surface area (Å²) in [4.78, 5) is 23.0. The lowest BCUT2D eigenvalue weighted by atomic mass is 10.1. The topological polar surface area (TPSA) is 84.9 Å². The van der Waals surface area contributed by atoms with Gasteiger partial charge in [-0.15, -0.1) is 0 Å². The van der Waals surface area contributed by atoms with Crippen molar-refractivity contribution in [3.8, 4) is 5.75 Å². The quantitative estimate of drug-likeness (QED) is 0.852. The number of carbonyl (C=O) groups excluding carboxylic acids is 1. The standard InChI is InChI=1S/C15H18F3NO5/c1-14(2,3)24-13(22)19-11(12(20)21)9-4-6-10(7-5-9)23-8-15(16,17)18/h4-7,11H,8H2,1-3H3,(H,19,22)(H,20,21). The van der Waals surface area contributed by atoms with Crippen molar-refractivity contribution >= 4 is 12.1 Å². The molecule has 0 saturated carbocycles. The number of nitrogens with one attached hydrogen (secondary N) is 1. The van der Waals surface area contributed by atoms with Gasteiger partial charge in [0.05, 0.1) is 0 Å². The van der Waals surface area contributed by atoms with Crippen LogP contribution in [0.1, 0.15) is 32.4 Å². The van der Waals surface area contributed by atoms with E-state index in [1.54, 1.807) is 20.8 Å². The minimum Gasteiger partial charge on any atom is -0.484 e. The Bertz CT molecular complexity index is 578. The highest BCUT2D eigenvalue weighted by molar-refractivity contribution is 5.81. The predicted octanol–water partition coefficient (Wildman–Crippen LogP) is 3.28. The maximum atomic E-state index is 12.1. The van der Waals surface area contributed by atoms with Crippen LogP contribution in [0.4, 0.5) is 18.0 Å². The molecular weight excluding hydrogens is 331 g/mol. The molecule has 24 heavy (non-hydrogen) atoms. The van der Waals surface area contributed by atoms with Gasteiger partial charge in [-0.25, -0.2) is 9.59 Å². The van der Waals surface area contributed by atoms with Crippen LogP contribution in [0.15, 0.2) is 24.3 Å². The van der Waals surface area contributed by atoms with Gasteiger partial charge in [0.2, 0.25) is 0 Å². The molecule has 0 fully saturated rings. The van der Waals surface area contributed by atoms with Crippen molar-refractivity contribution < 1.29 is 37.3 Å². The number of carboxylic acid groups (broad SMARTS) is 1. The number of aliphatic carboxylic acids is 1. The monoisotopic (exact) mass is 349 g/mol. The van der Waals surface area contributed by atoms with Gasteiger partial charge < -0.3 is 19.9 Å². The molecule has 6 nitrogen and oxygen atoms in total. The molecule has 0 bridgehead atoms. The molecule has 1 unspecified atom stereocenters. The summed E-state index contributed by atoms with van der Waals surface area (Å²) >= 11 is 0. The summed E-state index contributed by atoms with van der Waals surface area (Å²) in [6.07, 6.45) is -5.40. The number of amides is 1. The molecule has 1 atom stereocenters. The van der Waals surface area contributed by atoms with Crippen LogP contribution in [0.3, 0.4) is 0 Å². The van der Waals surface area contributed by atoms with Crippen molar-refractivity contribution in [3.05, 3.63) is 29.8 Å². The van der Waals surface area contributed by atoms with Crippen molar-refractivity contribution in [1.29, 1.82) is 0 Å². The second-order valence-electron chi connectivity index (χ2n) is 5.89. The average Bonchev–Trinajstić information content (AvgIpc) is 2.40. The Morgan fingerprint density at radius 3 is 2.12 bits per heavy atom. The Labute approximate surface area is 136 Å². The summed E-state index contributed by atoms with van der Waals surface area (Å²) in [6, 6.07) is 3.47. The third-order valence-electron chi connectivity index (χ3n) is 2.52. The minimum atomic E-state index is -4.47. The smallest absolute Gasteiger partial charge is 0.422 e. The zero-order valence-electron chi connectivity index (χ0n) is 13.3. The summed E-state index contributed by atoms with van der Waals surface area (Å²) in [7, 11) is 0. The molecule has 1 aromatic carbocycles. The lowest BCUT2D eigenvalue weighted by Crippen LogP contribution is -2.38. The van der Waals surface area contributed by atoms with Gasteiger partial charge >= 0.3 is 18.2 Å². The molecule has 0 aliphatic carbocycles. The molecule has 0 aromatic heterocycles. The molecule has 0 heterocycles. The Hall–Kier alpha value is -2.45. The van der Waals surface area contributed by atoms with Crippen LogP contribution in [0, 0.1) is 0 Å². The van der Waals surface area contributed by atoms with Crippen LogP contribution < -0.4 is 10.1 Å². The highest BCUT2D eigenvalue weighted by Gasteiger charge is 2.29. The SMILES string of the molecule is CC(C)(C)OC(=O)NC(C(=O)O)c1ccc(OCC(F)(F)F)cc1. The number of carbonyl (C=O) groups is 2. The van der Waals surface area contributed by atoms with Gasteiger partial charge in [0.25, 0.3) is 0 Å². The number of alkyl halides is 3. The van der Waals surface area contributed by atoms with Crippen LogP contribution in [0.2, 0.25) is 0 Å². The van der Waals surface area contributed by atoms with E-state index in [-0.39, 0.29) is 11.3 Å². The number of halogens is 3. The molecule has 1 rings (SSSR count). The summed E-state index contributed by atoms with van der Waals surface area (Å²) in [5.41, 5.74) is -0.643. The number of alkyl carbamates (subject to hydrolysis) is 1. The average molecular weight is 349 g/mol. The van der Waals surface area contributed by atoms with E-state index in [2.05, 4.69) is 10.1 Å². The number of rotatable bonds is 5. The normalized spacial score (nSPS) is 13.1. The summed E-state index contributed by atoms with van der Waals surface area (Å²) < 4.78 is 45.7. The first-order chi connectivity index (χ1) is 10.9. The molecule has 0 spiro atoms. The zero-order chi connectivity index (χ0) is 18.5. The van der Waals surface area contributed by atoms with E-state index in [9.17, 15) is 27.9 Å². The summed E-state index contributed by atoms with van der Waals surface area (Å²) in [5, 5.41) is 11.4. The molecule has 2 N–H and O–H groups in total. The van der Waals surface area contributed by atoms with Gasteiger partial charge in [-0.3, -0.25) is 0 Å². The minimum absolute atomic E-state index is 0.0718. The highest BCUT2D eigenvalue weighted by atomic mass is 19.4. The predicted molar refractivity (Wildman–Crippen MR) is 77.7 cm³/mol. The van der Waals surface area contributed by atoms with Gasteiger partial charge in [0.15, 0.2) is 12.6 Å². The van der Waals surface area contributed by atoms with Crippen molar-refractivity contribution in [2.24, 2.45) is 0 Å². The maximum absolute atomic E-state index is 12.1. The number of carboxylic acids is 1. The molecule has 0 radical (unpaired) electrons. The summed E-state index contributed by atoms with van der Waals surface area (Å²) in [5.74, 6) is -1.41. The molecule has 9 heteroatoms. The third kappa shape index (κ3) is 7.21. The first-order valence-corrected chi connectivity index (χ1v) is 6.89. The Balaban J connectivity index is 2.79. The highest BCUT2D eigenvalue weighted by Crippen LogP contribution is 2.21. The second-order valence-corrected chi connectivity index (χ2v) is 5.89. The van der Waals surface area contributed by atoms with Gasteiger partial charge in [0, 0.05) is 0 Å². The van der Waals surface area contributed by atoms with E-state index in [4.69, 9.17) is 4.74 Å². The fourth-order valence-corrected chi connectivity index (χ4v) is 1.63. The van der Waals surface area contributed by atoms with E-state index >= 15 is 0 Å². The molecule has 0 aliphatic rings. The number of ether oxygens (including phenoxy) is 2. The Kier molecular flexibility index (Phi) is 6.05. The van der Waals surface area contributed by atoms with Gasteiger partial charge in [-0.2, -0.15) is 13.2 Å². The lowest BCUT2D eigenvalue weighted by molar-refractivity contribution is -0.153. The van der Waals surface area contributed by atoms with Crippen molar-refractivity contribution in [3.63, 3.8) is 0 Å². The largest absolute Gasteiger partial charge is 0.484 e. The fourth-order valence-electron chi connectivity index (χ4n) is 1.63. The van der Waals surface area contributed by atoms with Gasteiger partial charge in [0.1, 0.15) is 11.4 Å². The van der Waals surface area contributed by atoms with E-state index in [0.717, 1.165) is 0 Å². The molecular formula is C15H18F3NO5. The molecule has 134 valence electrons. The molecule has 1 aromatic rings. The Morgan fingerprint density at radius 1 is 1.17 bits per heavy atom. The lowest BCUT2D eigenvalue weighted by Gasteiger charge is -2.22. The van der Waals surface area contributed by atoms with E-state index in [1.807, 2.05) is 0 Å². The van der Waals surface area contributed by atoms with Gasteiger partial charge in [-0.1, -0.05) is 12.1 Å². The van der Waals surface area contributed by atoms with E-state index in [1.165, 1.54) is 24.3 Å². The van der Waals surface area contributed by atoms with Crippen LogP contribution in [-0.4, -0.2) is 35.6 Å². The first kappa shape index (κ1) is 19.6. The van der Waals surface area contributed by atoms with Crippen molar-refractivity contribution in [1.82, 2.24) is 5.32 Å². The Morgan fingerprint density at radius 2 is 1.71 bits per heavy atom. The number of hydrogen-bond donors (Lipinski definition) is 2. The van der Waals surface area contributed by atoms with E-state index < -0.39 is 36.5 Å². The third-order valence-corrected chi connectivity index (χ3v) is 2.52. The molecule has 0 aliphatic heterocycles. The van der Waals surface area contributed by atoms with Crippen LogP contribution >= 0.6 is 0 Å². The molecule has 0 saturated heterocycles. The van der Waals surface area contributed by atoms with E-state index in [0.29, 0.717) is 0 Å². The van der Waals surface area contributed by atoms with Crippen molar-refractivity contribution in [2.45, 2.75) is 38.6 Å². The second kappa shape index (κ2) is 7.41. The van der Waals surface area contributed by atoms with Crippen molar-refractivity contribution in [2.75, 3.05) is 6.61 Å². The van der Waals surface area contributed by atoms with Gasteiger partial charge in [-0.05, 0) is 38.5 Å². The van der Waals surface area contributed by atoms with Crippen LogP contribution in [-0.2, 0) is 9.53 Å². The number of benzene rings is 1. The first-order valence-electron chi connectivity index (χ1n) is 6.89. The number of hydrogen-bond acceptors (Lipinski definition) is 4. The zero-order valence-corrected chi connectivity index (χ0v) is 13.3.